The SMILES string of the molecule is CC(N)CCC(=O)N1c2ccccc2C[C@H]1C(=O)O. The molecule has 3 N–H and O–H groups in total. The van der Waals surface area contributed by atoms with Gasteiger partial charge in [0.1, 0.15) is 6.04 Å². The normalized spacial score (nSPS) is 19.1. The third-order valence-corrected chi connectivity index (χ3v) is 3.34. The number of carbonyl (C=O) groups excluding carboxylic acids is 1. The van der Waals surface area contributed by atoms with E-state index < -0.39 is 12.0 Å². The number of para-hydroxylation sites is 1. The van der Waals surface area contributed by atoms with Crippen molar-refractivity contribution < 1.29 is 14.7 Å². The van der Waals surface area contributed by atoms with Gasteiger partial charge in [0.05, 0.1) is 0 Å². The van der Waals surface area contributed by atoms with Crippen LogP contribution in [0.5, 0.6) is 0 Å². The van der Waals surface area contributed by atoms with E-state index in [9.17, 15) is 14.7 Å². The fourth-order valence-electron chi connectivity index (χ4n) is 2.36. The van der Waals surface area contributed by atoms with Gasteiger partial charge in [0.15, 0.2) is 0 Å². The number of nitrogens with two attached hydrogens (primary N) is 1. The van der Waals surface area contributed by atoms with Crippen LogP contribution in [-0.2, 0) is 16.0 Å². The van der Waals surface area contributed by atoms with Gasteiger partial charge in [0.2, 0.25) is 5.91 Å². The minimum absolute atomic E-state index is 0.0647. The Morgan fingerprint density at radius 2 is 2.16 bits per heavy atom. The summed E-state index contributed by atoms with van der Waals surface area (Å²) in [5.74, 6) is -1.14. The monoisotopic (exact) mass is 262 g/mol. The van der Waals surface area contributed by atoms with E-state index in [-0.39, 0.29) is 18.4 Å². The third kappa shape index (κ3) is 2.76. The minimum atomic E-state index is -0.967. The number of carboxylic acid groups (broad SMARTS) is 1. The molecule has 102 valence electrons. The second-order valence-electron chi connectivity index (χ2n) is 4.97. The zero-order valence-electron chi connectivity index (χ0n) is 10.9. The van der Waals surface area contributed by atoms with Gasteiger partial charge in [-0.1, -0.05) is 18.2 Å². The Morgan fingerprint density at radius 1 is 1.47 bits per heavy atom. The van der Waals surface area contributed by atoms with Gasteiger partial charge in [-0.05, 0) is 25.0 Å². The Hall–Kier alpha value is -1.88. The summed E-state index contributed by atoms with van der Waals surface area (Å²) in [6, 6.07) is 6.47. The number of carbonyl (C=O) groups is 2. The van der Waals surface area contributed by atoms with Crippen molar-refractivity contribution in [3.05, 3.63) is 29.8 Å². The summed E-state index contributed by atoms with van der Waals surface area (Å²) in [5, 5.41) is 9.26. The molecule has 0 aliphatic carbocycles. The van der Waals surface area contributed by atoms with Crippen LogP contribution >= 0.6 is 0 Å². The van der Waals surface area contributed by atoms with E-state index in [4.69, 9.17) is 5.73 Å². The molecule has 0 spiro atoms. The second kappa shape index (κ2) is 5.40. The Bertz CT molecular complexity index is 499. The number of aliphatic carboxylic acids is 1. The number of nitrogens with zero attached hydrogens (tertiary/aromatic N) is 1. The van der Waals surface area contributed by atoms with Gasteiger partial charge in [-0.2, -0.15) is 0 Å². The highest BCUT2D eigenvalue weighted by atomic mass is 16.4. The number of rotatable bonds is 4. The summed E-state index contributed by atoms with van der Waals surface area (Å²) in [6.45, 7) is 1.83. The van der Waals surface area contributed by atoms with Crippen LogP contribution in [0.1, 0.15) is 25.3 Å². The smallest absolute Gasteiger partial charge is 0.327 e. The summed E-state index contributed by atoms with van der Waals surface area (Å²) < 4.78 is 0. The Kier molecular flexibility index (Phi) is 3.85. The highest BCUT2D eigenvalue weighted by Crippen LogP contribution is 2.32. The lowest BCUT2D eigenvalue weighted by atomic mass is 10.1. The Morgan fingerprint density at radius 3 is 2.79 bits per heavy atom. The molecule has 0 radical (unpaired) electrons. The van der Waals surface area contributed by atoms with Gasteiger partial charge in [-0.3, -0.25) is 9.69 Å². The zero-order chi connectivity index (χ0) is 14.0. The number of amides is 1. The fourth-order valence-corrected chi connectivity index (χ4v) is 2.36. The summed E-state index contributed by atoms with van der Waals surface area (Å²) in [5.41, 5.74) is 7.26. The molecule has 2 rings (SSSR count). The average Bonchev–Trinajstić information content (AvgIpc) is 2.75. The Labute approximate surface area is 112 Å². The van der Waals surface area contributed by atoms with Crippen molar-refractivity contribution in [2.75, 3.05) is 4.90 Å². The first-order valence-electron chi connectivity index (χ1n) is 6.39. The van der Waals surface area contributed by atoms with Crippen molar-refractivity contribution >= 4 is 17.6 Å². The lowest BCUT2D eigenvalue weighted by Crippen LogP contribution is -2.43. The van der Waals surface area contributed by atoms with Crippen molar-refractivity contribution in [2.45, 2.75) is 38.3 Å². The van der Waals surface area contributed by atoms with Crippen LogP contribution in [0.3, 0.4) is 0 Å². The molecule has 2 atom stereocenters. The van der Waals surface area contributed by atoms with E-state index in [1.807, 2.05) is 25.1 Å². The standard InChI is InChI=1S/C14H18N2O3/c1-9(15)6-7-13(17)16-11-5-3-2-4-10(11)8-12(16)14(18)19/h2-5,9,12H,6-8,15H2,1H3,(H,18,19)/t9?,12-/m0/s1. The molecule has 1 aromatic carbocycles. The van der Waals surface area contributed by atoms with Crippen molar-refractivity contribution in [1.82, 2.24) is 0 Å². The van der Waals surface area contributed by atoms with E-state index in [0.29, 0.717) is 18.5 Å². The molecule has 1 aliphatic rings. The van der Waals surface area contributed by atoms with Gasteiger partial charge >= 0.3 is 5.97 Å². The molecule has 0 bridgehead atoms. The van der Waals surface area contributed by atoms with E-state index in [1.165, 1.54) is 4.90 Å². The van der Waals surface area contributed by atoms with Crippen LogP contribution in [0.15, 0.2) is 24.3 Å². The largest absolute Gasteiger partial charge is 0.480 e. The van der Waals surface area contributed by atoms with Crippen molar-refractivity contribution in [1.29, 1.82) is 0 Å². The fraction of sp³-hybridized carbons (Fsp3) is 0.429. The molecule has 19 heavy (non-hydrogen) atoms. The minimum Gasteiger partial charge on any atom is -0.480 e. The summed E-state index contributed by atoms with van der Waals surface area (Å²) in [6.07, 6.45) is 1.20. The second-order valence-corrected chi connectivity index (χ2v) is 4.97. The van der Waals surface area contributed by atoms with Gasteiger partial charge in [-0.25, -0.2) is 4.79 Å². The highest BCUT2D eigenvalue weighted by molar-refractivity contribution is 6.01. The summed E-state index contributed by atoms with van der Waals surface area (Å²) in [7, 11) is 0. The van der Waals surface area contributed by atoms with E-state index >= 15 is 0 Å². The van der Waals surface area contributed by atoms with Crippen molar-refractivity contribution in [3.8, 4) is 0 Å². The maximum atomic E-state index is 12.2. The highest BCUT2D eigenvalue weighted by Gasteiger charge is 2.37. The number of carboxylic acids is 1. The molecule has 1 amide bonds. The maximum Gasteiger partial charge on any atom is 0.327 e. The molecule has 0 saturated carbocycles. The summed E-state index contributed by atoms with van der Waals surface area (Å²) in [4.78, 5) is 24.9. The number of anilines is 1. The molecule has 5 nitrogen and oxygen atoms in total. The number of hydrogen-bond acceptors (Lipinski definition) is 3. The molecule has 5 heteroatoms. The molecule has 0 fully saturated rings. The summed E-state index contributed by atoms with van der Waals surface area (Å²) >= 11 is 0. The molecule has 1 heterocycles. The van der Waals surface area contributed by atoms with Gasteiger partial charge < -0.3 is 10.8 Å². The molecule has 1 unspecified atom stereocenters. The van der Waals surface area contributed by atoms with Crippen LogP contribution in [0.2, 0.25) is 0 Å². The average molecular weight is 262 g/mol. The molecule has 0 aromatic heterocycles. The predicted octanol–water partition coefficient (Wildman–Crippen LogP) is 1.16. The van der Waals surface area contributed by atoms with Crippen LogP contribution in [0, 0.1) is 0 Å². The van der Waals surface area contributed by atoms with Crippen LogP contribution in [-0.4, -0.2) is 29.1 Å². The van der Waals surface area contributed by atoms with Crippen molar-refractivity contribution in [3.63, 3.8) is 0 Å². The molecule has 0 saturated heterocycles. The molecule has 1 aliphatic heterocycles. The first-order valence-corrected chi connectivity index (χ1v) is 6.39. The van der Waals surface area contributed by atoms with E-state index in [2.05, 4.69) is 0 Å². The lowest BCUT2D eigenvalue weighted by Gasteiger charge is -2.23. The van der Waals surface area contributed by atoms with Crippen LogP contribution in [0.25, 0.3) is 0 Å². The first-order chi connectivity index (χ1) is 9.00. The van der Waals surface area contributed by atoms with Crippen molar-refractivity contribution in [2.24, 2.45) is 5.73 Å². The zero-order valence-corrected chi connectivity index (χ0v) is 10.9. The lowest BCUT2D eigenvalue weighted by molar-refractivity contribution is -0.139. The topological polar surface area (TPSA) is 83.6 Å². The Balaban J connectivity index is 2.24. The molecule has 1 aromatic rings. The van der Waals surface area contributed by atoms with Crippen LogP contribution in [0.4, 0.5) is 5.69 Å². The molecular formula is C14H18N2O3. The number of hydrogen-bond donors (Lipinski definition) is 2. The van der Waals surface area contributed by atoms with Gasteiger partial charge in [-0.15, -0.1) is 0 Å². The number of fused-ring (bicyclic) bond motifs is 1. The predicted molar refractivity (Wildman–Crippen MR) is 71.9 cm³/mol. The van der Waals surface area contributed by atoms with Crippen LogP contribution < -0.4 is 10.6 Å². The van der Waals surface area contributed by atoms with Gasteiger partial charge in [0.25, 0.3) is 0 Å². The first kappa shape index (κ1) is 13.5. The van der Waals surface area contributed by atoms with E-state index in [0.717, 1.165) is 5.56 Å². The third-order valence-electron chi connectivity index (χ3n) is 3.34. The number of benzene rings is 1. The van der Waals surface area contributed by atoms with E-state index in [1.54, 1.807) is 6.07 Å². The maximum absolute atomic E-state index is 12.2. The quantitative estimate of drug-likeness (QED) is 0.852. The van der Waals surface area contributed by atoms with Gasteiger partial charge in [0, 0.05) is 24.6 Å². The molecular weight excluding hydrogens is 244 g/mol.